The molecule has 0 saturated carbocycles. The van der Waals surface area contributed by atoms with Crippen LogP contribution in [0.5, 0.6) is 5.75 Å². The van der Waals surface area contributed by atoms with Crippen molar-refractivity contribution in [2.24, 2.45) is 0 Å². The van der Waals surface area contributed by atoms with E-state index < -0.39 is 0 Å². The van der Waals surface area contributed by atoms with E-state index in [4.69, 9.17) is 16.3 Å². The highest BCUT2D eigenvalue weighted by Crippen LogP contribution is 2.31. The lowest BCUT2D eigenvalue weighted by atomic mass is 10.0. The first-order valence-electron chi connectivity index (χ1n) is 12.8. The first-order chi connectivity index (χ1) is 17.8. The fourth-order valence-electron chi connectivity index (χ4n) is 4.53. The minimum atomic E-state index is -0.252. The Hall–Kier alpha value is -3.23. The van der Waals surface area contributed by atoms with E-state index in [9.17, 15) is 4.79 Å². The molecule has 4 aromatic rings. The molecule has 9 heteroatoms. The van der Waals surface area contributed by atoms with Gasteiger partial charge in [0.2, 0.25) is 0 Å². The molecule has 0 radical (unpaired) electrons. The molecule has 1 unspecified atom stereocenters. The largest absolute Gasteiger partial charge is 0.494 e. The Morgan fingerprint density at radius 2 is 1.84 bits per heavy atom. The Kier molecular flexibility index (Phi) is 8.29. The number of nitrogens with zero attached hydrogens (tertiary/aromatic N) is 5. The number of hydrogen-bond acceptors (Lipinski definition) is 6. The topological polar surface area (TPSA) is 88.9 Å². The Morgan fingerprint density at radius 3 is 2.54 bits per heavy atom. The number of H-pyrrole nitrogens is 1. The van der Waals surface area contributed by atoms with Gasteiger partial charge in [0.25, 0.3) is 5.56 Å². The Balaban J connectivity index is 1.78. The summed E-state index contributed by atoms with van der Waals surface area (Å²) in [5, 5.41) is 14.4. The SMILES string of the molecule is CCOc1ccc2[nH]c(=O)c(CN(Cc3ccccc3Cl)C(CC)c3nnnn3C(C)(C)CC)cc2c1. The van der Waals surface area contributed by atoms with Crippen LogP contribution in [-0.2, 0) is 18.6 Å². The number of benzene rings is 2. The summed E-state index contributed by atoms with van der Waals surface area (Å²) in [5.41, 5.74) is 2.03. The summed E-state index contributed by atoms with van der Waals surface area (Å²) >= 11 is 6.57. The lowest BCUT2D eigenvalue weighted by Gasteiger charge is -2.33. The average molecular weight is 523 g/mol. The van der Waals surface area contributed by atoms with Crippen molar-refractivity contribution in [3.05, 3.63) is 80.9 Å². The zero-order chi connectivity index (χ0) is 26.6. The van der Waals surface area contributed by atoms with Crippen LogP contribution in [0, 0.1) is 0 Å². The molecule has 37 heavy (non-hydrogen) atoms. The van der Waals surface area contributed by atoms with E-state index in [0.717, 1.165) is 40.9 Å². The number of halogens is 1. The van der Waals surface area contributed by atoms with Gasteiger partial charge in [-0.1, -0.05) is 43.6 Å². The van der Waals surface area contributed by atoms with Crippen LogP contribution < -0.4 is 10.3 Å². The van der Waals surface area contributed by atoms with Gasteiger partial charge in [-0.3, -0.25) is 9.69 Å². The predicted molar refractivity (Wildman–Crippen MR) is 147 cm³/mol. The fraction of sp³-hybridized carbons (Fsp3) is 0.429. The molecule has 2 aromatic carbocycles. The number of aromatic amines is 1. The third-order valence-electron chi connectivity index (χ3n) is 6.97. The number of hydrogen-bond donors (Lipinski definition) is 1. The van der Waals surface area contributed by atoms with Crippen LogP contribution in [-0.4, -0.2) is 36.7 Å². The molecule has 2 aromatic heterocycles. The predicted octanol–water partition coefficient (Wildman–Crippen LogP) is 5.87. The molecule has 0 aliphatic rings. The van der Waals surface area contributed by atoms with Crippen LogP contribution in [0.15, 0.2) is 53.3 Å². The quantitative estimate of drug-likeness (QED) is 0.265. The van der Waals surface area contributed by atoms with Crippen molar-refractivity contribution in [1.82, 2.24) is 30.1 Å². The van der Waals surface area contributed by atoms with Gasteiger partial charge in [-0.2, -0.15) is 0 Å². The van der Waals surface area contributed by atoms with Gasteiger partial charge < -0.3 is 9.72 Å². The minimum Gasteiger partial charge on any atom is -0.494 e. The molecule has 0 amide bonds. The van der Waals surface area contributed by atoms with Crippen LogP contribution in [0.4, 0.5) is 0 Å². The van der Waals surface area contributed by atoms with Crippen molar-refractivity contribution in [2.75, 3.05) is 6.61 Å². The molecule has 0 bridgehead atoms. The zero-order valence-electron chi connectivity index (χ0n) is 22.2. The van der Waals surface area contributed by atoms with Gasteiger partial charge in [-0.15, -0.1) is 5.10 Å². The summed E-state index contributed by atoms with van der Waals surface area (Å²) in [6.45, 7) is 12.0. The van der Waals surface area contributed by atoms with Gasteiger partial charge in [0.05, 0.1) is 18.2 Å². The summed E-state index contributed by atoms with van der Waals surface area (Å²) in [6.07, 6.45) is 1.63. The lowest BCUT2D eigenvalue weighted by molar-refractivity contribution is 0.150. The Morgan fingerprint density at radius 1 is 1.08 bits per heavy atom. The van der Waals surface area contributed by atoms with Crippen molar-refractivity contribution >= 4 is 22.5 Å². The van der Waals surface area contributed by atoms with E-state index in [1.165, 1.54) is 0 Å². The molecule has 0 aliphatic carbocycles. The third-order valence-corrected chi connectivity index (χ3v) is 7.33. The van der Waals surface area contributed by atoms with E-state index in [2.05, 4.69) is 53.1 Å². The average Bonchev–Trinajstić information content (AvgIpc) is 3.37. The van der Waals surface area contributed by atoms with Crippen molar-refractivity contribution in [2.45, 2.75) is 72.1 Å². The van der Waals surface area contributed by atoms with Gasteiger partial charge in [-0.05, 0) is 79.9 Å². The number of ether oxygens (including phenoxy) is 1. The smallest absolute Gasteiger partial charge is 0.252 e. The van der Waals surface area contributed by atoms with Crippen LogP contribution in [0.3, 0.4) is 0 Å². The maximum atomic E-state index is 13.2. The van der Waals surface area contributed by atoms with Gasteiger partial charge in [0, 0.05) is 34.6 Å². The molecule has 1 N–H and O–H groups in total. The molecule has 2 heterocycles. The molecule has 0 aliphatic heterocycles. The number of pyridine rings is 1. The van der Waals surface area contributed by atoms with Gasteiger partial charge in [-0.25, -0.2) is 4.68 Å². The molecule has 0 saturated heterocycles. The maximum Gasteiger partial charge on any atom is 0.252 e. The zero-order valence-corrected chi connectivity index (χ0v) is 22.9. The number of rotatable bonds is 11. The highest BCUT2D eigenvalue weighted by atomic mass is 35.5. The van der Waals surface area contributed by atoms with Gasteiger partial charge in [0.15, 0.2) is 5.82 Å². The van der Waals surface area contributed by atoms with E-state index in [1.54, 1.807) is 0 Å². The minimum absolute atomic E-state index is 0.121. The standard InChI is InChI=1S/C28H35ClN6O2/c1-6-25(26-31-32-33-35(26)28(4,5)7-2)34(17-19-11-9-10-12-23(19)29)18-21-15-20-16-22(37-8-3)13-14-24(20)30-27(21)36/h9-16,25H,6-8,17-18H2,1-5H3,(H,30,36). The molecule has 4 rings (SSSR count). The van der Waals surface area contributed by atoms with E-state index >= 15 is 0 Å². The van der Waals surface area contributed by atoms with Crippen LogP contribution >= 0.6 is 11.6 Å². The molecular formula is C28H35ClN6O2. The second kappa shape index (κ2) is 11.4. The number of nitrogens with one attached hydrogen (secondary N) is 1. The summed E-state index contributed by atoms with van der Waals surface area (Å²) < 4.78 is 7.59. The molecule has 0 spiro atoms. The summed E-state index contributed by atoms with van der Waals surface area (Å²) in [6, 6.07) is 15.3. The molecular weight excluding hydrogens is 488 g/mol. The Labute approximate surface area is 222 Å². The highest BCUT2D eigenvalue weighted by Gasteiger charge is 2.31. The van der Waals surface area contributed by atoms with E-state index in [0.29, 0.717) is 30.3 Å². The van der Waals surface area contributed by atoms with Crippen LogP contribution in [0.25, 0.3) is 10.9 Å². The first kappa shape index (κ1) is 26.8. The first-order valence-corrected chi connectivity index (χ1v) is 13.2. The van der Waals surface area contributed by atoms with E-state index in [1.807, 2.05) is 60.1 Å². The lowest BCUT2D eigenvalue weighted by Crippen LogP contribution is -2.36. The van der Waals surface area contributed by atoms with Crippen molar-refractivity contribution < 1.29 is 4.74 Å². The monoisotopic (exact) mass is 522 g/mol. The van der Waals surface area contributed by atoms with Crippen molar-refractivity contribution in [3.63, 3.8) is 0 Å². The van der Waals surface area contributed by atoms with Gasteiger partial charge >= 0.3 is 0 Å². The second-order valence-corrected chi connectivity index (χ2v) is 10.2. The molecule has 196 valence electrons. The number of fused-ring (bicyclic) bond motifs is 1. The number of tetrazole rings is 1. The van der Waals surface area contributed by atoms with Gasteiger partial charge in [0.1, 0.15) is 5.75 Å². The third kappa shape index (κ3) is 5.86. The molecule has 1 atom stereocenters. The van der Waals surface area contributed by atoms with Crippen molar-refractivity contribution in [3.8, 4) is 5.75 Å². The van der Waals surface area contributed by atoms with Crippen LogP contribution in [0.1, 0.15) is 70.5 Å². The summed E-state index contributed by atoms with van der Waals surface area (Å²) in [4.78, 5) is 18.5. The normalized spacial score (nSPS) is 12.8. The summed E-state index contributed by atoms with van der Waals surface area (Å²) in [5.74, 6) is 1.55. The molecule has 8 nitrogen and oxygen atoms in total. The number of aromatic nitrogens is 5. The summed E-state index contributed by atoms with van der Waals surface area (Å²) in [7, 11) is 0. The maximum absolute atomic E-state index is 13.2. The Bertz CT molecular complexity index is 1410. The fourth-order valence-corrected chi connectivity index (χ4v) is 4.73. The van der Waals surface area contributed by atoms with Crippen molar-refractivity contribution in [1.29, 1.82) is 0 Å². The van der Waals surface area contributed by atoms with Crippen LogP contribution in [0.2, 0.25) is 5.02 Å². The molecule has 0 fully saturated rings. The second-order valence-electron chi connectivity index (χ2n) is 9.84. The van der Waals surface area contributed by atoms with E-state index in [-0.39, 0.29) is 17.1 Å². The highest BCUT2D eigenvalue weighted by molar-refractivity contribution is 6.31.